The summed E-state index contributed by atoms with van der Waals surface area (Å²) in [5.74, 6) is 0.520. The van der Waals surface area contributed by atoms with Gasteiger partial charge in [-0.25, -0.2) is 4.98 Å². The first kappa shape index (κ1) is 8.21. The van der Waals surface area contributed by atoms with Crippen molar-refractivity contribution in [2.45, 2.75) is 24.6 Å². The van der Waals surface area contributed by atoms with Crippen molar-refractivity contribution in [3.63, 3.8) is 0 Å². The number of alkyl halides is 1. The van der Waals surface area contributed by atoms with Crippen molar-refractivity contribution < 1.29 is 0 Å². The van der Waals surface area contributed by atoms with Gasteiger partial charge in [-0.3, -0.25) is 0 Å². The molecule has 0 bridgehead atoms. The van der Waals surface area contributed by atoms with Gasteiger partial charge in [0.2, 0.25) is 0 Å². The van der Waals surface area contributed by atoms with Crippen LogP contribution in [0.3, 0.4) is 0 Å². The Morgan fingerprint density at radius 3 is 2.70 bits per heavy atom. The minimum Gasteiger partial charge on any atom is -0.249 e. The summed E-state index contributed by atoms with van der Waals surface area (Å²) in [6, 6.07) is 0. The number of rotatable bonds is 2. The van der Waals surface area contributed by atoms with Crippen LogP contribution in [0.25, 0.3) is 0 Å². The molecular weight excluding hydrogens is 210 g/mol. The molecule has 56 valence electrons. The van der Waals surface area contributed by atoms with Crippen LogP contribution in [0, 0.1) is 0 Å². The van der Waals surface area contributed by atoms with Crippen LogP contribution in [0.4, 0.5) is 0 Å². The Morgan fingerprint density at radius 1 is 1.60 bits per heavy atom. The second-order valence-corrected chi connectivity index (χ2v) is 4.54. The zero-order chi connectivity index (χ0) is 7.56. The highest BCUT2D eigenvalue weighted by Gasteiger charge is 2.11. The first-order valence-electron chi connectivity index (χ1n) is 3.24. The molecule has 1 aromatic heterocycles. The van der Waals surface area contributed by atoms with Gasteiger partial charge in [0, 0.05) is 16.1 Å². The van der Waals surface area contributed by atoms with Gasteiger partial charge in [-0.15, -0.1) is 11.3 Å². The van der Waals surface area contributed by atoms with Crippen molar-refractivity contribution in [2.24, 2.45) is 0 Å². The second-order valence-electron chi connectivity index (χ2n) is 2.38. The van der Waals surface area contributed by atoms with Crippen LogP contribution < -0.4 is 0 Å². The molecule has 0 amide bonds. The van der Waals surface area contributed by atoms with Crippen molar-refractivity contribution in [1.29, 1.82) is 0 Å². The molecule has 0 saturated carbocycles. The Hall–Kier alpha value is 0.110. The number of nitrogens with zero attached hydrogens (tertiary/aromatic N) is 1. The van der Waals surface area contributed by atoms with Crippen LogP contribution in [0.15, 0.2) is 10.9 Å². The third-order valence-electron chi connectivity index (χ3n) is 1.61. The van der Waals surface area contributed by atoms with Crippen LogP contribution in [0.5, 0.6) is 0 Å². The summed E-state index contributed by atoms with van der Waals surface area (Å²) in [5.41, 5.74) is 3.07. The highest BCUT2D eigenvalue weighted by Crippen LogP contribution is 2.23. The summed E-state index contributed by atoms with van der Waals surface area (Å²) in [5, 5.41) is 2.10. The van der Waals surface area contributed by atoms with Crippen LogP contribution in [-0.2, 0) is 0 Å². The molecule has 1 rings (SSSR count). The predicted molar refractivity (Wildman–Crippen MR) is 48.9 cm³/mol. The van der Waals surface area contributed by atoms with E-state index in [0.717, 1.165) is 0 Å². The Kier molecular flexibility index (Phi) is 2.86. The maximum Gasteiger partial charge on any atom is 0.0794 e. The molecule has 1 aromatic rings. The van der Waals surface area contributed by atoms with E-state index in [2.05, 4.69) is 40.1 Å². The van der Waals surface area contributed by atoms with Crippen molar-refractivity contribution in [3.05, 3.63) is 16.6 Å². The molecule has 0 aliphatic heterocycles. The number of hydrogen-bond donors (Lipinski definition) is 0. The summed E-state index contributed by atoms with van der Waals surface area (Å²) in [4.78, 5) is 4.73. The van der Waals surface area contributed by atoms with E-state index in [9.17, 15) is 0 Å². The van der Waals surface area contributed by atoms with Crippen molar-refractivity contribution in [3.8, 4) is 0 Å². The summed E-state index contributed by atoms with van der Waals surface area (Å²) in [6.07, 6.45) is 0. The molecule has 1 heterocycles. The van der Waals surface area contributed by atoms with Gasteiger partial charge >= 0.3 is 0 Å². The van der Waals surface area contributed by atoms with Gasteiger partial charge in [-0.2, -0.15) is 0 Å². The Labute approximate surface area is 73.6 Å². The van der Waals surface area contributed by atoms with E-state index in [1.54, 1.807) is 11.3 Å². The molecule has 0 aliphatic rings. The van der Waals surface area contributed by atoms with Crippen molar-refractivity contribution >= 4 is 27.3 Å². The third-order valence-corrected chi connectivity index (χ3v) is 3.00. The van der Waals surface area contributed by atoms with E-state index in [0.29, 0.717) is 10.7 Å². The summed E-state index contributed by atoms with van der Waals surface area (Å²) < 4.78 is 0. The van der Waals surface area contributed by atoms with Crippen LogP contribution in [-0.4, -0.2) is 9.81 Å². The van der Waals surface area contributed by atoms with E-state index in [1.165, 1.54) is 5.69 Å². The molecule has 0 spiro atoms. The molecule has 0 radical (unpaired) electrons. The molecule has 2 unspecified atom stereocenters. The van der Waals surface area contributed by atoms with E-state index < -0.39 is 0 Å². The minimum absolute atomic E-state index is 0.509. The van der Waals surface area contributed by atoms with E-state index in [-0.39, 0.29) is 0 Å². The SMILES string of the molecule is CC(Br)C(C)c1cscn1. The lowest BCUT2D eigenvalue weighted by Gasteiger charge is -2.09. The molecular formula is C7H10BrNS. The monoisotopic (exact) mass is 219 g/mol. The number of thiazole rings is 1. The standard InChI is InChI=1S/C7H10BrNS/c1-5(6(2)8)7-3-10-4-9-7/h3-6H,1-2H3. The maximum atomic E-state index is 4.23. The maximum absolute atomic E-state index is 4.23. The second kappa shape index (κ2) is 3.49. The lowest BCUT2D eigenvalue weighted by molar-refractivity contribution is 0.740. The Morgan fingerprint density at radius 2 is 2.30 bits per heavy atom. The minimum atomic E-state index is 0.509. The number of halogens is 1. The molecule has 10 heavy (non-hydrogen) atoms. The molecule has 3 heteroatoms. The van der Waals surface area contributed by atoms with Gasteiger partial charge in [-0.05, 0) is 0 Å². The fourth-order valence-corrected chi connectivity index (χ4v) is 1.61. The number of hydrogen-bond acceptors (Lipinski definition) is 2. The largest absolute Gasteiger partial charge is 0.249 e. The molecule has 0 fully saturated rings. The van der Waals surface area contributed by atoms with Gasteiger partial charge in [0.05, 0.1) is 11.2 Å². The molecule has 0 aromatic carbocycles. The topological polar surface area (TPSA) is 12.9 Å². The number of aromatic nitrogens is 1. The van der Waals surface area contributed by atoms with Gasteiger partial charge in [-0.1, -0.05) is 29.8 Å². The molecule has 2 atom stereocenters. The zero-order valence-corrected chi connectivity index (χ0v) is 8.45. The van der Waals surface area contributed by atoms with E-state index in [1.807, 2.05) is 5.51 Å². The average Bonchev–Trinajstić information content (AvgIpc) is 2.36. The zero-order valence-electron chi connectivity index (χ0n) is 6.04. The fourth-order valence-electron chi connectivity index (χ4n) is 0.682. The van der Waals surface area contributed by atoms with Gasteiger partial charge in [0.1, 0.15) is 0 Å². The highest BCUT2D eigenvalue weighted by molar-refractivity contribution is 9.09. The highest BCUT2D eigenvalue weighted by atomic mass is 79.9. The fraction of sp³-hybridized carbons (Fsp3) is 0.571. The first-order chi connectivity index (χ1) is 4.72. The predicted octanol–water partition coefficient (Wildman–Crippen LogP) is 3.03. The third kappa shape index (κ3) is 1.80. The van der Waals surface area contributed by atoms with Crippen LogP contribution >= 0.6 is 27.3 Å². The molecule has 0 saturated heterocycles. The molecule has 0 N–H and O–H groups in total. The van der Waals surface area contributed by atoms with Crippen molar-refractivity contribution in [1.82, 2.24) is 4.98 Å². The molecule has 1 nitrogen and oxygen atoms in total. The molecule has 0 aliphatic carbocycles. The summed E-state index contributed by atoms with van der Waals surface area (Å²) in [6.45, 7) is 4.32. The summed E-state index contributed by atoms with van der Waals surface area (Å²) in [7, 11) is 0. The van der Waals surface area contributed by atoms with Crippen molar-refractivity contribution in [2.75, 3.05) is 0 Å². The van der Waals surface area contributed by atoms with Gasteiger partial charge in [0.15, 0.2) is 0 Å². The lowest BCUT2D eigenvalue weighted by atomic mass is 10.1. The lowest BCUT2D eigenvalue weighted by Crippen LogP contribution is -2.03. The first-order valence-corrected chi connectivity index (χ1v) is 5.10. The van der Waals surface area contributed by atoms with E-state index in [4.69, 9.17) is 0 Å². The normalized spacial score (nSPS) is 16.7. The Bertz CT molecular complexity index is 183. The van der Waals surface area contributed by atoms with E-state index >= 15 is 0 Å². The quantitative estimate of drug-likeness (QED) is 0.698. The van der Waals surface area contributed by atoms with Crippen LogP contribution in [0.1, 0.15) is 25.5 Å². The average molecular weight is 220 g/mol. The Balaban J connectivity index is 2.68. The van der Waals surface area contributed by atoms with Gasteiger partial charge < -0.3 is 0 Å². The summed E-state index contributed by atoms with van der Waals surface area (Å²) >= 11 is 5.18. The van der Waals surface area contributed by atoms with Gasteiger partial charge in [0.25, 0.3) is 0 Å². The van der Waals surface area contributed by atoms with Crippen LogP contribution in [0.2, 0.25) is 0 Å². The smallest absolute Gasteiger partial charge is 0.0794 e.